The summed E-state index contributed by atoms with van der Waals surface area (Å²) in [6.07, 6.45) is 3.32. The van der Waals surface area contributed by atoms with Crippen molar-refractivity contribution in [3.8, 4) is 0 Å². The molecule has 6 heterocycles. The number of aryl methyl sites for hydroxylation is 3. The van der Waals surface area contributed by atoms with Crippen LogP contribution in [0.3, 0.4) is 0 Å². The number of nitrogens with two attached hydrogens (primary N) is 1. The Morgan fingerprint density at radius 1 is 0.623 bits per heavy atom. The molecule has 0 bridgehead atoms. The summed E-state index contributed by atoms with van der Waals surface area (Å²) in [5.74, 6) is -0.146. The van der Waals surface area contributed by atoms with Crippen LogP contribution in [0.25, 0.3) is 0 Å². The number of fused-ring (bicyclic) bond motifs is 6. The van der Waals surface area contributed by atoms with Gasteiger partial charge in [-0.1, -0.05) is 92.4 Å². The Kier molecular flexibility index (Phi) is 15.0. The van der Waals surface area contributed by atoms with Crippen molar-refractivity contribution in [2.45, 2.75) is 79.9 Å². The predicted octanol–water partition coefficient (Wildman–Crippen LogP) is 1.65. The van der Waals surface area contributed by atoms with Crippen LogP contribution in [0.2, 0.25) is 26.3 Å². The number of benzene rings is 5. The summed E-state index contributed by atoms with van der Waals surface area (Å²) in [7, 11) is -1.65. The first-order chi connectivity index (χ1) is 28.8. The highest BCUT2D eigenvalue weighted by Gasteiger charge is 2.34. The monoisotopic (exact) mass is 826 g/mol. The van der Waals surface area contributed by atoms with E-state index >= 15 is 0 Å². The molecular formula is C42H49B6FN2O10. The smallest absolute Gasteiger partial charge is 0.446 e. The molecule has 19 heteroatoms. The quantitative estimate of drug-likeness (QED) is 0.0717. The molecule has 0 aromatic heterocycles. The van der Waals surface area contributed by atoms with Crippen LogP contribution < -0.4 is 38.5 Å². The van der Waals surface area contributed by atoms with Crippen LogP contribution in [0.4, 0.5) is 15.8 Å². The highest BCUT2D eigenvalue weighted by molar-refractivity contribution is 6.69. The van der Waals surface area contributed by atoms with Gasteiger partial charge in [-0.3, -0.25) is 10.1 Å². The van der Waals surface area contributed by atoms with Crippen LogP contribution in [-0.4, -0.2) is 66.9 Å². The Morgan fingerprint density at radius 2 is 1.11 bits per heavy atom. The van der Waals surface area contributed by atoms with E-state index in [1.54, 1.807) is 12.1 Å². The van der Waals surface area contributed by atoms with Gasteiger partial charge in [0.1, 0.15) is 5.82 Å². The fourth-order valence-electron chi connectivity index (χ4n) is 8.44. The van der Waals surface area contributed by atoms with Gasteiger partial charge in [-0.05, 0) is 106 Å². The van der Waals surface area contributed by atoms with E-state index < -0.39 is 26.1 Å². The number of anilines is 1. The molecule has 0 saturated carbocycles. The first-order valence-electron chi connectivity index (χ1n) is 20.1. The minimum absolute atomic E-state index is 0. The van der Waals surface area contributed by atoms with E-state index in [-0.39, 0.29) is 32.8 Å². The van der Waals surface area contributed by atoms with Crippen LogP contribution in [0.1, 0.15) is 46.4 Å². The molecule has 61 heavy (non-hydrogen) atoms. The lowest BCUT2D eigenvalue weighted by atomic mass is 9.62. The summed E-state index contributed by atoms with van der Waals surface area (Å²) in [5, 5.41) is 48.3. The molecule has 0 saturated heterocycles. The summed E-state index contributed by atoms with van der Waals surface area (Å²) in [6.45, 7) is 7.68. The number of nitrogen functional groups attached to an aromatic ring is 1. The number of hydrogen-bond acceptors (Lipinski definition) is 11. The van der Waals surface area contributed by atoms with Crippen LogP contribution >= 0.6 is 0 Å². The van der Waals surface area contributed by atoms with Gasteiger partial charge in [-0.25, -0.2) is 4.39 Å². The molecule has 0 atom stereocenters. The van der Waals surface area contributed by atoms with Gasteiger partial charge in [0.25, 0.3) is 5.69 Å². The summed E-state index contributed by atoms with van der Waals surface area (Å²) in [6, 6.07) is 25.6. The van der Waals surface area contributed by atoms with E-state index in [9.17, 15) is 34.6 Å². The first kappa shape index (κ1) is 45.8. The molecule has 6 aliphatic heterocycles. The Bertz CT molecular complexity index is 2280. The van der Waals surface area contributed by atoms with Crippen molar-refractivity contribution in [3.05, 3.63) is 140 Å². The molecule has 5 aromatic rings. The number of nitro benzene ring substituents is 1. The van der Waals surface area contributed by atoms with Crippen molar-refractivity contribution in [2.75, 3.05) is 5.73 Å². The normalized spacial score (nSPS) is 15.6. The summed E-state index contributed by atoms with van der Waals surface area (Å²) < 4.78 is 34.0. The van der Waals surface area contributed by atoms with Crippen molar-refractivity contribution in [1.29, 1.82) is 0 Å². The molecule has 12 nitrogen and oxygen atoms in total. The lowest BCUT2D eigenvalue weighted by Crippen LogP contribution is -2.33. The number of rotatable bonds is 1. The average molecular weight is 826 g/mol. The molecule has 312 valence electrons. The molecule has 6 N–H and O–H groups in total. The first-order valence-corrected chi connectivity index (χ1v) is 20.1. The maximum atomic E-state index is 13.1. The Morgan fingerprint density at radius 3 is 1.66 bits per heavy atom. The average Bonchev–Trinajstić information content (AvgIpc) is 4.11. The van der Waals surface area contributed by atoms with Crippen LogP contribution in [0.15, 0.2) is 84.9 Å². The lowest BCUT2D eigenvalue weighted by Gasteiger charge is -2.02. The van der Waals surface area contributed by atoms with Gasteiger partial charge in [0.15, 0.2) is 0 Å². The van der Waals surface area contributed by atoms with Crippen molar-refractivity contribution < 1.29 is 48.0 Å². The SMILES string of the molecule is C.CB1OCc2cccc(C)c21.CB1OCc2cccc(F)c21.Nc1ccc2c(c1)B(O)CC2.O=[N+]([O-])c1ccc2c(c1)B(O)CC2.OB1OCc2cc3c(cc21)COB3O. The number of hydrogen-bond donors (Lipinski definition) is 5. The van der Waals surface area contributed by atoms with E-state index in [2.05, 4.69) is 31.9 Å². The molecule has 0 unspecified atom stereocenters. The molecule has 5 aromatic carbocycles. The predicted molar refractivity (Wildman–Crippen MR) is 244 cm³/mol. The van der Waals surface area contributed by atoms with Crippen molar-refractivity contribution in [1.82, 2.24) is 0 Å². The third-order valence-electron chi connectivity index (χ3n) is 11.7. The van der Waals surface area contributed by atoms with Crippen LogP contribution in [0, 0.1) is 22.9 Å². The lowest BCUT2D eigenvalue weighted by molar-refractivity contribution is -0.384. The zero-order valence-corrected chi connectivity index (χ0v) is 33.8. The molecule has 11 rings (SSSR count). The fraction of sp³-hybridized carbons (Fsp3) is 0.286. The van der Waals surface area contributed by atoms with Gasteiger partial charge < -0.3 is 44.4 Å². The van der Waals surface area contributed by atoms with E-state index in [1.807, 2.05) is 43.2 Å². The Labute approximate surface area is 358 Å². The molecule has 0 radical (unpaired) electrons. The maximum Gasteiger partial charge on any atom is 0.491 e. The van der Waals surface area contributed by atoms with Gasteiger partial charge in [0, 0.05) is 17.8 Å². The minimum Gasteiger partial charge on any atom is -0.446 e. The second kappa shape index (κ2) is 20.0. The highest BCUT2D eigenvalue weighted by Crippen LogP contribution is 2.19. The van der Waals surface area contributed by atoms with E-state index in [0.717, 1.165) is 75.6 Å². The van der Waals surface area contributed by atoms with Gasteiger partial charge in [-0.15, -0.1) is 0 Å². The second-order valence-corrected chi connectivity index (χ2v) is 15.7. The van der Waals surface area contributed by atoms with Crippen LogP contribution in [-0.2, 0) is 57.9 Å². The molecule has 6 aliphatic rings. The fourth-order valence-corrected chi connectivity index (χ4v) is 8.44. The second-order valence-electron chi connectivity index (χ2n) is 15.7. The molecule has 0 aliphatic carbocycles. The maximum absolute atomic E-state index is 13.1. The van der Waals surface area contributed by atoms with Crippen molar-refractivity contribution in [2.24, 2.45) is 0 Å². The molecule has 0 fully saturated rings. The Balaban J connectivity index is 0.000000127. The number of halogens is 1. The van der Waals surface area contributed by atoms with Gasteiger partial charge in [0.05, 0.1) is 31.4 Å². The van der Waals surface area contributed by atoms with E-state index in [1.165, 1.54) is 40.4 Å². The van der Waals surface area contributed by atoms with Gasteiger partial charge in [0.2, 0.25) is 0 Å². The Hall–Kier alpha value is -4.70. The molecule has 0 amide bonds. The summed E-state index contributed by atoms with van der Waals surface area (Å²) in [5.41, 5.74) is 19.7. The van der Waals surface area contributed by atoms with Crippen molar-refractivity contribution >= 4 is 86.1 Å². The third-order valence-corrected chi connectivity index (χ3v) is 11.7. The van der Waals surface area contributed by atoms with Gasteiger partial charge >= 0.3 is 41.9 Å². The van der Waals surface area contributed by atoms with E-state index in [0.29, 0.717) is 38.5 Å². The van der Waals surface area contributed by atoms with E-state index in [4.69, 9.17) is 24.4 Å². The largest absolute Gasteiger partial charge is 0.491 e. The van der Waals surface area contributed by atoms with Gasteiger partial charge in [-0.2, -0.15) is 0 Å². The zero-order chi connectivity index (χ0) is 42.7. The number of non-ortho nitro benzene ring substituents is 1. The molecule has 0 spiro atoms. The summed E-state index contributed by atoms with van der Waals surface area (Å²) in [4.78, 5) is 9.99. The van der Waals surface area contributed by atoms with Crippen LogP contribution in [0.5, 0.6) is 0 Å². The standard InChI is InChI=1S/C9H11BO.C8H8B2O4.C8H8BFO.C8H8BNO3.C8H10BNO.CH4/c1-7-4-3-5-8-6-11-10(2)9(7)8;11-9-7-1-5-3-13-10(12)8(5)2-6(7)4-14-9;1-9-8-6(5-11-9)3-2-4-7(8)10;11-9-4-3-6-1-2-7(10(12)13)5-8(6)9;10-7-2-1-6-3-4-9(11)8(6)5-7;/h3-5H,6H2,1-2H3;1-2,11-12H,3-4H2;2-4H,5H2,1H3;1-2,5,11H,3-4H2;1-2,5,11H,3-4,10H2;1H4. The third kappa shape index (κ3) is 10.3. The minimum atomic E-state index is -0.826. The summed E-state index contributed by atoms with van der Waals surface area (Å²) >= 11 is 0. The highest BCUT2D eigenvalue weighted by atomic mass is 19.1. The molecular weight excluding hydrogens is 776 g/mol. The topological polar surface area (TPSA) is 187 Å². The number of nitro groups is 1. The zero-order valence-electron chi connectivity index (χ0n) is 33.8. The van der Waals surface area contributed by atoms with Crippen molar-refractivity contribution in [3.63, 3.8) is 0 Å². The number of nitrogens with zero attached hydrogens (tertiary/aromatic N) is 1.